The van der Waals surface area contributed by atoms with Gasteiger partial charge in [-0.3, -0.25) is 23.8 Å². The standard InChI is InChI=1S/C15H14N2O5S3.C2H4O2/c1-2-16-10-6-4-3-5-9(10)11(13(16)18)12-14(19)17(15(23)24-12)7-8-25(20,21)22;1-2(3)4/h3-6H,2,7-8H2,1H3,(H,20,21,22);1H3,(H,3,4)/b12-11-;. The van der Waals surface area contributed by atoms with Crippen molar-refractivity contribution in [2.75, 3.05) is 23.7 Å². The number of hydrogen-bond donors (Lipinski definition) is 2. The Morgan fingerprint density at radius 3 is 2.31 bits per heavy atom. The molecule has 2 aliphatic heterocycles. The van der Waals surface area contributed by atoms with Gasteiger partial charge in [0.25, 0.3) is 27.9 Å². The van der Waals surface area contributed by atoms with E-state index in [0.717, 1.165) is 29.3 Å². The van der Waals surface area contributed by atoms with Crippen LogP contribution in [0.1, 0.15) is 19.4 Å². The summed E-state index contributed by atoms with van der Waals surface area (Å²) in [5.74, 6) is -2.25. The number of fused-ring (bicyclic) bond motifs is 1. The largest absolute Gasteiger partial charge is 0.481 e. The topological polar surface area (TPSA) is 132 Å². The molecule has 0 saturated carbocycles. The minimum absolute atomic E-state index is 0.163. The van der Waals surface area contributed by atoms with Crippen molar-refractivity contribution in [3.05, 3.63) is 34.7 Å². The highest BCUT2D eigenvalue weighted by Crippen LogP contribution is 2.44. The first-order chi connectivity index (χ1) is 13.5. The monoisotopic (exact) mass is 458 g/mol. The number of aliphatic carboxylic acids is 1. The molecular weight excluding hydrogens is 440 g/mol. The van der Waals surface area contributed by atoms with Crippen molar-refractivity contribution < 1.29 is 32.5 Å². The fraction of sp³-hybridized carbons (Fsp3) is 0.294. The average molecular weight is 459 g/mol. The molecule has 29 heavy (non-hydrogen) atoms. The van der Waals surface area contributed by atoms with Crippen LogP contribution in [0, 0.1) is 0 Å². The molecule has 3 rings (SSSR count). The number of nitrogens with zero attached hydrogens (tertiary/aromatic N) is 2. The van der Waals surface area contributed by atoms with Gasteiger partial charge in [-0.15, -0.1) is 0 Å². The van der Waals surface area contributed by atoms with Crippen LogP contribution in [0.3, 0.4) is 0 Å². The minimum atomic E-state index is -4.22. The molecule has 2 amide bonds. The zero-order chi connectivity index (χ0) is 21.9. The Morgan fingerprint density at radius 2 is 1.76 bits per heavy atom. The number of para-hydroxylation sites is 1. The molecule has 0 unspecified atom stereocenters. The van der Waals surface area contributed by atoms with Crippen LogP contribution < -0.4 is 4.90 Å². The Kier molecular flexibility index (Phi) is 7.16. The van der Waals surface area contributed by atoms with E-state index >= 15 is 0 Å². The van der Waals surface area contributed by atoms with Gasteiger partial charge in [-0.1, -0.05) is 42.2 Å². The Balaban J connectivity index is 0.000000687. The lowest BCUT2D eigenvalue weighted by Crippen LogP contribution is -2.33. The van der Waals surface area contributed by atoms with E-state index in [4.69, 9.17) is 26.7 Å². The molecular formula is C17H18N2O7S3. The highest BCUT2D eigenvalue weighted by atomic mass is 32.2. The number of carboxylic acids is 1. The Bertz CT molecular complexity index is 1010. The van der Waals surface area contributed by atoms with Crippen LogP contribution in [-0.4, -0.2) is 63.9 Å². The smallest absolute Gasteiger partial charge is 0.300 e. The summed E-state index contributed by atoms with van der Waals surface area (Å²) >= 11 is 6.12. The lowest BCUT2D eigenvalue weighted by molar-refractivity contribution is -0.134. The summed E-state index contributed by atoms with van der Waals surface area (Å²) in [4.78, 5) is 37.3. The second kappa shape index (κ2) is 9.03. The second-order valence-electron chi connectivity index (χ2n) is 5.90. The Morgan fingerprint density at radius 1 is 1.17 bits per heavy atom. The maximum Gasteiger partial charge on any atom is 0.300 e. The quantitative estimate of drug-likeness (QED) is 0.392. The van der Waals surface area contributed by atoms with E-state index in [1.165, 1.54) is 0 Å². The molecule has 156 valence electrons. The first-order valence-corrected chi connectivity index (χ1v) is 11.1. The number of carbonyl (C=O) groups excluding carboxylic acids is 2. The number of benzene rings is 1. The molecule has 1 saturated heterocycles. The van der Waals surface area contributed by atoms with E-state index in [1.807, 2.05) is 19.1 Å². The number of amides is 2. The molecule has 12 heteroatoms. The summed E-state index contributed by atoms with van der Waals surface area (Å²) in [6.45, 7) is 3.13. The van der Waals surface area contributed by atoms with Gasteiger partial charge in [0, 0.05) is 25.6 Å². The molecule has 2 heterocycles. The van der Waals surface area contributed by atoms with Crippen molar-refractivity contribution in [3.63, 3.8) is 0 Å². The maximum absolute atomic E-state index is 12.8. The highest BCUT2D eigenvalue weighted by molar-refractivity contribution is 8.26. The summed E-state index contributed by atoms with van der Waals surface area (Å²) in [5.41, 5.74) is 1.67. The lowest BCUT2D eigenvalue weighted by Gasteiger charge is -2.13. The van der Waals surface area contributed by atoms with Crippen LogP contribution in [0.15, 0.2) is 29.2 Å². The van der Waals surface area contributed by atoms with Gasteiger partial charge in [0.15, 0.2) is 0 Å². The molecule has 0 atom stereocenters. The number of carbonyl (C=O) groups is 3. The molecule has 2 N–H and O–H groups in total. The molecule has 0 radical (unpaired) electrons. The van der Waals surface area contributed by atoms with Crippen LogP contribution in [-0.2, 0) is 24.5 Å². The minimum Gasteiger partial charge on any atom is -0.481 e. The zero-order valence-electron chi connectivity index (χ0n) is 15.5. The molecule has 2 aliphatic rings. The van der Waals surface area contributed by atoms with Crippen molar-refractivity contribution in [2.45, 2.75) is 13.8 Å². The van der Waals surface area contributed by atoms with Crippen LogP contribution in [0.5, 0.6) is 0 Å². The molecule has 0 aliphatic carbocycles. The van der Waals surface area contributed by atoms with Gasteiger partial charge in [0.05, 0.1) is 21.9 Å². The predicted molar refractivity (Wildman–Crippen MR) is 113 cm³/mol. The van der Waals surface area contributed by atoms with Gasteiger partial charge in [-0.2, -0.15) is 8.42 Å². The molecule has 0 spiro atoms. The predicted octanol–water partition coefficient (Wildman–Crippen LogP) is 1.60. The first kappa shape index (κ1) is 23.0. The van der Waals surface area contributed by atoms with Crippen molar-refractivity contribution in [1.82, 2.24) is 4.90 Å². The van der Waals surface area contributed by atoms with Gasteiger partial charge in [-0.25, -0.2) is 0 Å². The van der Waals surface area contributed by atoms with Gasteiger partial charge in [0.2, 0.25) is 0 Å². The fourth-order valence-corrected chi connectivity index (χ4v) is 4.56. The van der Waals surface area contributed by atoms with Crippen molar-refractivity contribution in [3.8, 4) is 0 Å². The lowest BCUT2D eigenvalue weighted by atomic mass is 10.1. The van der Waals surface area contributed by atoms with Crippen molar-refractivity contribution in [1.29, 1.82) is 0 Å². The van der Waals surface area contributed by atoms with E-state index in [9.17, 15) is 18.0 Å². The van der Waals surface area contributed by atoms with Gasteiger partial charge in [0.1, 0.15) is 4.32 Å². The first-order valence-electron chi connectivity index (χ1n) is 8.31. The molecule has 0 aromatic heterocycles. The van der Waals surface area contributed by atoms with E-state index in [0.29, 0.717) is 12.1 Å². The molecule has 0 bridgehead atoms. The number of hydrogen-bond acceptors (Lipinski definition) is 7. The van der Waals surface area contributed by atoms with Crippen molar-refractivity contribution >= 4 is 67.5 Å². The number of thiocarbonyl (C=S) groups is 1. The number of rotatable bonds is 4. The number of likely N-dealkylation sites (N-methyl/N-ethyl adjacent to an activating group) is 1. The second-order valence-corrected chi connectivity index (χ2v) is 9.12. The average Bonchev–Trinajstić information content (AvgIpc) is 3.04. The fourth-order valence-electron chi connectivity index (χ4n) is 2.76. The van der Waals surface area contributed by atoms with Crippen LogP contribution in [0.4, 0.5) is 5.69 Å². The van der Waals surface area contributed by atoms with E-state index in [2.05, 4.69) is 0 Å². The van der Waals surface area contributed by atoms with Crippen LogP contribution in [0.2, 0.25) is 0 Å². The van der Waals surface area contributed by atoms with E-state index in [1.54, 1.807) is 17.0 Å². The summed E-state index contributed by atoms with van der Waals surface area (Å²) in [7, 11) is -4.22. The highest BCUT2D eigenvalue weighted by Gasteiger charge is 2.41. The van der Waals surface area contributed by atoms with E-state index < -0.39 is 27.7 Å². The number of anilines is 1. The SMILES string of the molecule is CC(=O)O.CCN1C(=O)/C(=C2\SC(=S)N(CCS(=O)(=O)O)C2=O)c2ccccc21. The Labute approximate surface area is 177 Å². The normalized spacial score (nSPS) is 18.7. The van der Waals surface area contributed by atoms with Crippen LogP contribution in [0.25, 0.3) is 5.57 Å². The zero-order valence-corrected chi connectivity index (χ0v) is 17.9. The molecule has 1 fully saturated rings. The Hall–Kier alpha value is -2.28. The summed E-state index contributed by atoms with van der Waals surface area (Å²) in [6.07, 6.45) is 0. The number of thioether (sulfide) groups is 1. The number of carboxylic acid groups (broad SMARTS) is 1. The summed E-state index contributed by atoms with van der Waals surface area (Å²) in [5, 5.41) is 7.42. The third kappa shape index (κ3) is 5.21. The summed E-state index contributed by atoms with van der Waals surface area (Å²) < 4.78 is 30.9. The molecule has 1 aromatic carbocycles. The maximum atomic E-state index is 12.8. The van der Waals surface area contributed by atoms with Gasteiger partial charge < -0.3 is 10.0 Å². The van der Waals surface area contributed by atoms with Crippen LogP contribution >= 0.6 is 24.0 Å². The van der Waals surface area contributed by atoms with Gasteiger partial charge in [-0.05, 0) is 13.0 Å². The molecule has 1 aromatic rings. The van der Waals surface area contributed by atoms with Gasteiger partial charge >= 0.3 is 0 Å². The molecule has 9 nitrogen and oxygen atoms in total. The summed E-state index contributed by atoms with van der Waals surface area (Å²) in [6, 6.07) is 7.17. The third-order valence-corrected chi connectivity index (χ3v) is 6.04. The third-order valence-electron chi connectivity index (χ3n) is 3.89. The van der Waals surface area contributed by atoms with E-state index in [-0.39, 0.29) is 27.3 Å². The van der Waals surface area contributed by atoms with Crippen molar-refractivity contribution in [2.24, 2.45) is 0 Å².